The number of nitrogens with one attached hydrogen (secondary N) is 1. The van der Waals surface area contributed by atoms with Crippen LogP contribution in [-0.4, -0.2) is 30.5 Å². The fourth-order valence-electron chi connectivity index (χ4n) is 2.77. The third-order valence-electron chi connectivity index (χ3n) is 4.15. The molecule has 0 atom stereocenters. The van der Waals surface area contributed by atoms with Gasteiger partial charge in [0.2, 0.25) is 0 Å². The molecule has 1 amide bonds. The molecular formula is C21H16ClN3O4. The molecule has 146 valence electrons. The lowest BCUT2D eigenvalue weighted by atomic mass is 10.1. The van der Waals surface area contributed by atoms with Crippen LogP contribution < -0.4 is 14.9 Å². The number of carbonyl (C=O) groups excluding carboxylic acids is 1. The van der Waals surface area contributed by atoms with E-state index < -0.39 is 5.91 Å². The molecule has 2 heterocycles. The van der Waals surface area contributed by atoms with Gasteiger partial charge in [0.1, 0.15) is 18.1 Å². The minimum absolute atomic E-state index is 0.214. The molecule has 1 aliphatic rings. The average molecular weight is 410 g/mol. The van der Waals surface area contributed by atoms with Gasteiger partial charge in [-0.05, 0) is 24.3 Å². The van der Waals surface area contributed by atoms with Crippen LogP contribution in [0.1, 0.15) is 5.56 Å². The molecule has 1 aliphatic heterocycles. The number of hydrogen-bond donors (Lipinski definition) is 1. The van der Waals surface area contributed by atoms with Gasteiger partial charge < -0.3 is 14.0 Å². The second kappa shape index (κ2) is 8.62. The minimum Gasteiger partial charge on any atom is -0.488 e. The van der Waals surface area contributed by atoms with Crippen LogP contribution in [-0.2, 0) is 4.79 Å². The van der Waals surface area contributed by atoms with E-state index >= 15 is 0 Å². The van der Waals surface area contributed by atoms with Crippen molar-refractivity contribution in [2.75, 3.05) is 13.2 Å². The summed E-state index contributed by atoms with van der Waals surface area (Å²) in [6.07, 6.45) is 3.01. The molecule has 0 aliphatic carbocycles. The minimum atomic E-state index is -0.414. The molecule has 7 nitrogen and oxygen atoms in total. The van der Waals surface area contributed by atoms with Gasteiger partial charge in [0.25, 0.3) is 5.91 Å². The van der Waals surface area contributed by atoms with Crippen molar-refractivity contribution in [1.29, 1.82) is 0 Å². The first-order valence-corrected chi connectivity index (χ1v) is 9.16. The van der Waals surface area contributed by atoms with Crippen molar-refractivity contribution < 1.29 is 18.8 Å². The molecule has 0 unspecified atom stereocenters. The molecule has 0 radical (unpaired) electrons. The number of amides is 1. The number of ether oxygens (including phenoxy) is 2. The van der Waals surface area contributed by atoms with Crippen LogP contribution in [0.5, 0.6) is 11.5 Å². The van der Waals surface area contributed by atoms with Gasteiger partial charge in [0.15, 0.2) is 12.4 Å². The highest BCUT2D eigenvalue weighted by Gasteiger charge is 2.17. The van der Waals surface area contributed by atoms with Crippen molar-refractivity contribution >= 4 is 28.8 Å². The number of hydrogen-bond acceptors (Lipinski definition) is 6. The van der Waals surface area contributed by atoms with Crippen molar-refractivity contribution in [3.05, 3.63) is 71.9 Å². The molecule has 0 fully saturated rings. The summed E-state index contributed by atoms with van der Waals surface area (Å²) in [4.78, 5) is 12.1. The molecule has 0 saturated heterocycles. The van der Waals surface area contributed by atoms with Crippen molar-refractivity contribution in [2.24, 2.45) is 5.10 Å². The van der Waals surface area contributed by atoms with Gasteiger partial charge in [-0.15, -0.1) is 0 Å². The Bertz CT molecular complexity index is 1080. The highest BCUT2D eigenvalue weighted by atomic mass is 35.5. The Morgan fingerprint density at radius 3 is 2.79 bits per heavy atom. The summed E-state index contributed by atoms with van der Waals surface area (Å²) in [7, 11) is 0. The second-order valence-electron chi connectivity index (χ2n) is 6.08. The highest BCUT2D eigenvalue weighted by Crippen LogP contribution is 2.34. The predicted octanol–water partition coefficient (Wildman–Crippen LogP) is 3.86. The Kier molecular flexibility index (Phi) is 5.58. The number of halogens is 1. The Hall–Kier alpha value is -3.58. The van der Waals surface area contributed by atoms with Gasteiger partial charge in [-0.25, -0.2) is 5.43 Å². The van der Waals surface area contributed by atoms with Crippen molar-refractivity contribution in [1.82, 2.24) is 10.6 Å². The van der Waals surface area contributed by atoms with E-state index in [9.17, 15) is 4.79 Å². The maximum absolute atomic E-state index is 12.1. The third-order valence-corrected chi connectivity index (χ3v) is 4.59. The molecule has 1 aromatic heterocycles. The Balaban J connectivity index is 1.36. The number of benzene rings is 2. The molecule has 29 heavy (non-hydrogen) atoms. The fraction of sp³-hybridized carbons (Fsp3) is 0.0952. The van der Waals surface area contributed by atoms with Crippen molar-refractivity contribution in [2.45, 2.75) is 0 Å². The van der Waals surface area contributed by atoms with Crippen LogP contribution in [0.25, 0.3) is 16.4 Å². The molecule has 0 bridgehead atoms. The molecule has 4 rings (SSSR count). The number of carbonyl (C=O) groups is 1. The number of hydrazone groups is 1. The van der Waals surface area contributed by atoms with Crippen molar-refractivity contribution in [3.8, 4) is 22.8 Å². The van der Waals surface area contributed by atoms with Crippen LogP contribution in [0.4, 0.5) is 0 Å². The zero-order chi connectivity index (χ0) is 20.1. The third kappa shape index (κ3) is 4.30. The normalized spacial score (nSPS) is 13.1. The first kappa shape index (κ1) is 18.8. The fourth-order valence-corrected chi connectivity index (χ4v) is 3.03. The van der Waals surface area contributed by atoms with E-state index in [0.717, 1.165) is 11.3 Å². The second-order valence-corrected chi connectivity index (χ2v) is 6.46. The van der Waals surface area contributed by atoms with E-state index in [-0.39, 0.29) is 13.2 Å². The number of nitrogens with zero attached hydrogens (tertiary/aromatic N) is 2. The average Bonchev–Trinajstić information content (AvgIpc) is 3.29. The molecule has 8 heteroatoms. The lowest BCUT2D eigenvalue weighted by molar-refractivity contribution is -0.123. The summed E-state index contributed by atoms with van der Waals surface area (Å²) >= 11 is 6.39. The summed E-state index contributed by atoms with van der Waals surface area (Å²) in [5.41, 5.74) is 4.59. The first-order valence-electron chi connectivity index (χ1n) is 8.78. The summed E-state index contributed by atoms with van der Waals surface area (Å²) in [5.74, 6) is 1.37. The highest BCUT2D eigenvalue weighted by molar-refractivity contribution is 6.51. The van der Waals surface area contributed by atoms with Crippen LogP contribution in [0.3, 0.4) is 0 Å². The van der Waals surface area contributed by atoms with Crippen LogP contribution >= 0.6 is 11.6 Å². The Morgan fingerprint density at radius 2 is 1.97 bits per heavy atom. The van der Waals surface area contributed by atoms with Gasteiger partial charge in [0.05, 0.1) is 23.0 Å². The van der Waals surface area contributed by atoms with Gasteiger partial charge in [-0.1, -0.05) is 41.0 Å². The van der Waals surface area contributed by atoms with E-state index in [1.165, 1.54) is 6.21 Å². The predicted molar refractivity (Wildman–Crippen MR) is 109 cm³/mol. The van der Waals surface area contributed by atoms with E-state index in [1.54, 1.807) is 24.4 Å². The summed E-state index contributed by atoms with van der Waals surface area (Å²) in [6.45, 7) is 0.0604. The first-order chi connectivity index (χ1) is 14.2. The maximum atomic E-state index is 12.1. The number of fused-ring (bicyclic) bond motifs is 1. The van der Waals surface area contributed by atoms with Crippen LogP contribution in [0, 0.1) is 0 Å². The molecule has 3 aromatic rings. The largest absolute Gasteiger partial charge is 0.488 e. The van der Waals surface area contributed by atoms with Crippen LogP contribution in [0.2, 0.25) is 0 Å². The maximum Gasteiger partial charge on any atom is 0.277 e. The van der Waals surface area contributed by atoms with E-state index in [2.05, 4.69) is 15.7 Å². The topological polar surface area (TPSA) is 86.0 Å². The quantitative estimate of drug-likeness (QED) is 0.493. The van der Waals surface area contributed by atoms with Crippen molar-refractivity contribution in [3.63, 3.8) is 0 Å². The van der Waals surface area contributed by atoms with Gasteiger partial charge in [-0.2, -0.15) is 5.10 Å². The zero-order valence-corrected chi connectivity index (χ0v) is 15.9. The number of rotatable bonds is 6. The molecule has 0 spiro atoms. The standard InChI is InChI=1S/C21H16ClN3O4/c22-21-14(12-27-18-8-4-2-6-16(18)21)11-23-25-20(26)13-28-17-7-3-1-5-15(17)19-9-10-24-29-19/h1-11H,12-13H2,(H,25,26)/b23-11-. The smallest absolute Gasteiger partial charge is 0.277 e. The summed E-state index contributed by atoms with van der Waals surface area (Å²) in [6, 6.07) is 16.4. The van der Waals surface area contributed by atoms with Gasteiger partial charge >= 0.3 is 0 Å². The summed E-state index contributed by atoms with van der Waals surface area (Å²) in [5, 5.41) is 8.18. The molecule has 2 aromatic carbocycles. The molecule has 0 saturated carbocycles. The number of aromatic nitrogens is 1. The molecular weight excluding hydrogens is 394 g/mol. The lowest BCUT2D eigenvalue weighted by Gasteiger charge is -2.18. The zero-order valence-electron chi connectivity index (χ0n) is 15.2. The van der Waals surface area contributed by atoms with Crippen LogP contribution in [0.15, 0.2) is 76.0 Å². The van der Waals surface area contributed by atoms with Gasteiger partial charge in [-0.3, -0.25) is 4.79 Å². The summed E-state index contributed by atoms with van der Waals surface area (Å²) < 4.78 is 16.4. The Morgan fingerprint density at radius 1 is 1.17 bits per heavy atom. The van der Waals surface area contributed by atoms with E-state index in [0.29, 0.717) is 27.7 Å². The SMILES string of the molecule is O=C(COc1ccccc1-c1ccno1)N/N=C\C1=C(Cl)c2ccccc2OC1. The van der Waals surface area contributed by atoms with E-state index in [4.69, 9.17) is 25.6 Å². The Labute approximate surface area is 171 Å². The lowest BCUT2D eigenvalue weighted by Crippen LogP contribution is -2.25. The van der Waals surface area contributed by atoms with E-state index in [1.807, 2.05) is 36.4 Å². The number of para-hydroxylation sites is 2. The monoisotopic (exact) mass is 409 g/mol. The molecule has 1 N–H and O–H groups in total. The van der Waals surface area contributed by atoms with Gasteiger partial charge in [0, 0.05) is 17.2 Å².